The minimum Gasteiger partial charge on any atom is -0.370 e. The average Bonchev–Trinajstić information content (AvgIpc) is 2.60. The average molecular weight is 521 g/mol. The zero-order valence-electron chi connectivity index (χ0n) is 14.9. The van der Waals surface area contributed by atoms with E-state index in [-0.39, 0.29) is 48.3 Å². The maximum atomic E-state index is 11.8. The van der Waals surface area contributed by atoms with Gasteiger partial charge in [-0.25, -0.2) is 0 Å². The molecule has 2 rings (SSSR count). The second-order valence-electron chi connectivity index (χ2n) is 5.81. The summed E-state index contributed by atoms with van der Waals surface area (Å²) in [4.78, 5) is 16.0. The molecule has 2 aromatic carbocycles. The zero-order chi connectivity index (χ0) is 18.9. The van der Waals surface area contributed by atoms with E-state index in [1.54, 1.807) is 12.1 Å². The lowest BCUT2D eigenvalue weighted by Crippen LogP contribution is -2.34. The van der Waals surface area contributed by atoms with Crippen LogP contribution < -0.4 is 16.4 Å². The number of benzene rings is 2. The maximum Gasteiger partial charge on any atom is 0.222 e. The molecule has 0 aliphatic heterocycles. The summed E-state index contributed by atoms with van der Waals surface area (Å²) < 4.78 is 0. The highest BCUT2D eigenvalue weighted by atomic mass is 127. The number of hydrogen-bond donors (Lipinski definition) is 3. The van der Waals surface area contributed by atoms with E-state index in [9.17, 15) is 4.79 Å². The molecule has 4 N–H and O–H groups in total. The minimum atomic E-state index is -0.129. The molecule has 0 fully saturated rings. The Hall–Kier alpha value is -1.51. The molecule has 146 valence electrons. The number of guanidine groups is 1. The number of aliphatic imine (C=N–C) groups is 1. The highest BCUT2D eigenvalue weighted by Crippen LogP contribution is 2.25. The van der Waals surface area contributed by atoms with Crippen LogP contribution in [-0.2, 0) is 11.3 Å². The summed E-state index contributed by atoms with van der Waals surface area (Å²) in [6.07, 6.45) is 0.269. The summed E-state index contributed by atoms with van der Waals surface area (Å²) in [5.41, 5.74) is 7.81. The molecule has 0 saturated carbocycles. The molecule has 8 heteroatoms. The quantitative estimate of drug-likeness (QED) is 0.289. The lowest BCUT2D eigenvalue weighted by Gasteiger charge is -2.16. The van der Waals surface area contributed by atoms with Crippen LogP contribution in [-0.4, -0.2) is 18.4 Å². The van der Waals surface area contributed by atoms with E-state index in [2.05, 4.69) is 15.6 Å². The first-order valence-electron chi connectivity index (χ1n) is 8.27. The van der Waals surface area contributed by atoms with Crippen molar-refractivity contribution in [2.24, 2.45) is 10.7 Å². The van der Waals surface area contributed by atoms with E-state index in [1.165, 1.54) is 0 Å². The summed E-state index contributed by atoms with van der Waals surface area (Å²) >= 11 is 12.1. The molecule has 0 spiro atoms. The fourth-order valence-corrected chi connectivity index (χ4v) is 2.93. The van der Waals surface area contributed by atoms with E-state index in [0.717, 1.165) is 11.1 Å². The number of carbonyl (C=O) groups is 1. The van der Waals surface area contributed by atoms with Crippen LogP contribution in [0.25, 0.3) is 0 Å². The SMILES string of the molecule is CC(NC(N)=NCCC(=O)NCc1ccccc1)c1ccc(Cl)cc1Cl.I. The summed E-state index contributed by atoms with van der Waals surface area (Å²) in [6, 6.07) is 14.9. The molecule has 0 bridgehead atoms. The fraction of sp³-hybridized carbons (Fsp3) is 0.263. The van der Waals surface area contributed by atoms with Crippen molar-refractivity contribution in [1.82, 2.24) is 10.6 Å². The summed E-state index contributed by atoms with van der Waals surface area (Å²) in [5, 5.41) is 7.05. The van der Waals surface area contributed by atoms with Crippen LogP contribution >= 0.6 is 47.2 Å². The first kappa shape index (κ1) is 23.5. The van der Waals surface area contributed by atoms with Crippen molar-refractivity contribution in [1.29, 1.82) is 0 Å². The molecule has 1 amide bonds. The van der Waals surface area contributed by atoms with Crippen LogP contribution in [0.5, 0.6) is 0 Å². The van der Waals surface area contributed by atoms with Gasteiger partial charge in [-0.1, -0.05) is 59.6 Å². The third kappa shape index (κ3) is 8.36. The van der Waals surface area contributed by atoms with Crippen molar-refractivity contribution in [2.45, 2.75) is 25.9 Å². The van der Waals surface area contributed by atoms with E-state index < -0.39 is 0 Å². The standard InChI is InChI=1S/C19H22Cl2N4O.HI/c1-13(16-8-7-15(20)11-17(16)21)25-19(22)23-10-9-18(26)24-12-14-5-3-2-4-6-14;/h2-8,11,13H,9-10,12H2,1H3,(H,24,26)(H3,22,23,25);1H. The molecule has 0 heterocycles. The van der Waals surface area contributed by atoms with E-state index in [1.807, 2.05) is 43.3 Å². The van der Waals surface area contributed by atoms with Crippen molar-refractivity contribution in [2.75, 3.05) is 6.54 Å². The molecule has 0 aromatic heterocycles. The molecule has 0 aliphatic carbocycles. The van der Waals surface area contributed by atoms with E-state index >= 15 is 0 Å². The van der Waals surface area contributed by atoms with Crippen molar-refractivity contribution >= 4 is 59.0 Å². The Kier molecular flexibility index (Phi) is 10.5. The van der Waals surface area contributed by atoms with Gasteiger partial charge in [-0.15, -0.1) is 24.0 Å². The number of hydrogen-bond acceptors (Lipinski definition) is 2. The highest BCUT2D eigenvalue weighted by molar-refractivity contribution is 14.0. The monoisotopic (exact) mass is 520 g/mol. The molecular weight excluding hydrogens is 498 g/mol. The first-order valence-corrected chi connectivity index (χ1v) is 9.03. The van der Waals surface area contributed by atoms with Gasteiger partial charge >= 0.3 is 0 Å². The molecule has 27 heavy (non-hydrogen) atoms. The van der Waals surface area contributed by atoms with Gasteiger partial charge in [0.25, 0.3) is 0 Å². The Bertz CT molecular complexity index is 772. The van der Waals surface area contributed by atoms with Gasteiger partial charge in [0.15, 0.2) is 5.96 Å². The summed E-state index contributed by atoms with van der Waals surface area (Å²) in [7, 11) is 0. The summed E-state index contributed by atoms with van der Waals surface area (Å²) in [5.74, 6) is 0.193. The first-order chi connectivity index (χ1) is 12.5. The predicted octanol–water partition coefficient (Wildman–Crippen LogP) is 4.28. The van der Waals surface area contributed by atoms with Crippen molar-refractivity contribution in [3.63, 3.8) is 0 Å². The van der Waals surface area contributed by atoms with Gasteiger partial charge in [0.05, 0.1) is 12.6 Å². The lowest BCUT2D eigenvalue weighted by atomic mass is 10.1. The van der Waals surface area contributed by atoms with Crippen LogP contribution in [0.2, 0.25) is 10.0 Å². The number of nitrogens with two attached hydrogens (primary N) is 1. The minimum absolute atomic E-state index is 0. The van der Waals surface area contributed by atoms with E-state index in [0.29, 0.717) is 23.1 Å². The van der Waals surface area contributed by atoms with Crippen molar-refractivity contribution in [3.8, 4) is 0 Å². The Morgan fingerprint density at radius 1 is 1.19 bits per heavy atom. The molecule has 1 atom stereocenters. The largest absolute Gasteiger partial charge is 0.370 e. The Balaban J connectivity index is 0.00000364. The van der Waals surface area contributed by atoms with Gasteiger partial charge in [0.2, 0.25) is 5.91 Å². The zero-order valence-corrected chi connectivity index (χ0v) is 18.8. The second kappa shape index (κ2) is 12.0. The van der Waals surface area contributed by atoms with Gasteiger partial charge < -0.3 is 16.4 Å². The predicted molar refractivity (Wildman–Crippen MR) is 123 cm³/mol. The summed E-state index contributed by atoms with van der Waals surface area (Å²) in [6.45, 7) is 2.73. The number of halogens is 3. The van der Waals surface area contributed by atoms with Gasteiger partial charge in [0.1, 0.15) is 0 Å². The maximum absolute atomic E-state index is 11.8. The molecule has 2 aromatic rings. The second-order valence-corrected chi connectivity index (χ2v) is 6.65. The highest BCUT2D eigenvalue weighted by Gasteiger charge is 2.10. The topological polar surface area (TPSA) is 79.5 Å². The lowest BCUT2D eigenvalue weighted by molar-refractivity contribution is -0.121. The molecule has 0 aliphatic rings. The van der Waals surface area contributed by atoms with Crippen LogP contribution in [0, 0.1) is 0 Å². The van der Waals surface area contributed by atoms with Crippen molar-refractivity contribution < 1.29 is 4.79 Å². The number of amides is 1. The van der Waals surface area contributed by atoms with E-state index in [4.69, 9.17) is 28.9 Å². The fourth-order valence-electron chi connectivity index (χ4n) is 2.36. The van der Waals surface area contributed by atoms with Crippen LogP contribution in [0.4, 0.5) is 0 Å². The molecular formula is C19H23Cl2IN4O. The molecule has 0 saturated heterocycles. The molecule has 1 unspecified atom stereocenters. The smallest absolute Gasteiger partial charge is 0.222 e. The Morgan fingerprint density at radius 3 is 2.56 bits per heavy atom. The third-order valence-corrected chi connectivity index (χ3v) is 4.31. The Morgan fingerprint density at radius 2 is 1.89 bits per heavy atom. The number of nitrogens with zero attached hydrogens (tertiary/aromatic N) is 1. The number of carbonyl (C=O) groups excluding carboxylic acids is 1. The van der Waals surface area contributed by atoms with Crippen molar-refractivity contribution in [3.05, 3.63) is 69.7 Å². The molecule has 5 nitrogen and oxygen atoms in total. The number of rotatable bonds is 7. The van der Waals surface area contributed by atoms with Gasteiger partial charge in [-0.05, 0) is 30.2 Å². The molecule has 0 radical (unpaired) electrons. The van der Waals surface area contributed by atoms with Gasteiger partial charge in [-0.3, -0.25) is 9.79 Å². The normalized spacial score (nSPS) is 12.0. The van der Waals surface area contributed by atoms with Gasteiger partial charge in [-0.2, -0.15) is 0 Å². The number of nitrogens with one attached hydrogen (secondary N) is 2. The Labute approximate surface area is 186 Å². The van der Waals surface area contributed by atoms with Gasteiger partial charge in [0, 0.05) is 23.0 Å². The van der Waals surface area contributed by atoms with Crippen LogP contribution in [0.1, 0.15) is 30.5 Å². The third-order valence-electron chi connectivity index (χ3n) is 3.75. The van der Waals surface area contributed by atoms with Crippen LogP contribution in [0.3, 0.4) is 0 Å². The van der Waals surface area contributed by atoms with Crippen LogP contribution in [0.15, 0.2) is 53.5 Å².